The van der Waals surface area contributed by atoms with Crippen LogP contribution in [0.1, 0.15) is 45.6 Å². The predicted octanol–water partition coefficient (Wildman–Crippen LogP) is 6.06. The zero-order chi connectivity index (χ0) is 15.2. The molecule has 0 amide bonds. The van der Waals surface area contributed by atoms with Crippen LogP contribution in [0.2, 0.25) is 0 Å². The first-order chi connectivity index (χ1) is 10.2. The number of para-hydroxylation sites is 1. The average Bonchev–Trinajstić information content (AvgIpc) is 2.53. The summed E-state index contributed by atoms with van der Waals surface area (Å²) in [5.41, 5.74) is 2.40. The smallest absolute Gasteiger partial charge is 0.169 e. The van der Waals surface area contributed by atoms with Gasteiger partial charge in [-0.15, -0.1) is 0 Å². The zero-order valence-electron chi connectivity index (χ0n) is 13.0. The topological polar surface area (TPSA) is 15.6 Å². The lowest BCUT2D eigenvalue weighted by Gasteiger charge is -2.27. The minimum absolute atomic E-state index is 1.00. The van der Waals surface area contributed by atoms with Crippen molar-refractivity contribution in [3.05, 3.63) is 33.4 Å². The number of unbranched alkanes of at least 4 members (excludes halogenated alkanes) is 1. The van der Waals surface area contributed by atoms with Crippen LogP contribution in [-0.2, 0) is 0 Å². The molecule has 0 saturated heterocycles. The lowest BCUT2D eigenvalue weighted by atomic mass is 10.1. The van der Waals surface area contributed by atoms with Gasteiger partial charge < -0.3 is 4.90 Å². The van der Waals surface area contributed by atoms with Gasteiger partial charge in [-0.05, 0) is 55.3 Å². The number of allylic oxidation sites excluding steroid dienone is 1. The summed E-state index contributed by atoms with van der Waals surface area (Å²) in [7, 11) is 0. The Balaban J connectivity index is 2.42. The van der Waals surface area contributed by atoms with Crippen LogP contribution < -0.4 is 0 Å². The first kappa shape index (κ1) is 16.9. The number of hydrogen-bond donors (Lipinski definition) is 0. The molecule has 0 radical (unpaired) electrons. The minimum atomic E-state index is 1.00. The van der Waals surface area contributed by atoms with Crippen molar-refractivity contribution < 1.29 is 0 Å². The number of fused-ring (bicyclic) bond motifs is 1. The number of aliphatic imine (C=N–C) groups is 1. The van der Waals surface area contributed by atoms with Crippen LogP contribution in [0.5, 0.6) is 0 Å². The Morgan fingerprint density at radius 1 is 1.19 bits per heavy atom. The van der Waals surface area contributed by atoms with E-state index in [0.29, 0.717) is 0 Å². The summed E-state index contributed by atoms with van der Waals surface area (Å²) in [6, 6.07) is 8.52. The van der Waals surface area contributed by atoms with E-state index in [9.17, 15) is 0 Å². The fourth-order valence-electron chi connectivity index (χ4n) is 2.31. The highest BCUT2D eigenvalue weighted by Gasteiger charge is 2.22. The van der Waals surface area contributed by atoms with Gasteiger partial charge >= 0.3 is 0 Å². The molecule has 21 heavy (non-hydrogen) atoms. The number of rotatable bonds is 5. The second kappa shape index (κ2) is 8.22. The van der Waals surface area contributed by atoms with E-state index >= 15 is 0 Å². The molecule has 2 rings (SSSR count). The van der Waals surface area contributed by atoms with Crippen LogP contribution >= 0.6 is 34.4 Å². The summed E-state index contributed by atoms with van der Waals surface area (Å²) in [4.78, 5) is 8.61. The number of amidine groups is 1. The van der Waals surface area contributed by atoms with E-state index in [1.165, 1.54) is 33.3 Å². The summed E-state index contributed by atoms with van der Waals surface area (Å²) >= 11 is 4.36. The number of thioether (sulfide) groups is 1. The normalized spacial score (nSPS) is 16.3. The molecule has 0 unspecified atom stereocenters. The minimum Gasteiger partial charge on any atom is -0.351 e. The van der Waals surface area contributed by atoms with Crippen LogP contribution in [-0.4, -0.2) is 23.2 Å². The third kappa shape index (κ3) is 4.03. The van der Waals surface area contributed by atoms with Gasteiger partial charge in [0.2, 0.25) is 0 Å². The average molecular weight is 414 g/mol. The van der Waals surface area contributed by atoms with Gasteiger partial charge in [-0.2, -0.15) is 0 Å². The molecule has 0 N–H and O–H groups in total. The number of benzene rings is 1. The molecule has 0 aromatic heterocycles. The summed E-state index contributed by atoms with van der Waals surface area (Å²) in [5, 5.41) is 1.14. The van der Waals surface area contributed by atoms with Crippen molar-refractivity contribution >= 4 is 50.1 Å². The zero-order valence-corrected chi connectivity index (χ0v) is 16.0. The van der Waals surface area contributed by atoms with Gasteiger partial charge in [-0.3, -0.25) is 0 Å². The number of nitrogens with zero attached hydrogens (tertiary/aromatic N) is 2. The molecule has 0 spiro atoms. The fourth-order valence-corrected chi connectivity index (χ4v) is 4.52. The van der Waals surface area contributed by atoms with Crippen LogP contribution in [0.4, 0.5) is 5.69 Å². The highest BCUT2D eigenvalue weighted by molar-refractivity contribution is 14.1. The second-order valence-corrected chi connectivity index (χ2v) is 7.30. The SMILES string of the molecule is CCCC/C(I)=C1/SC(N(CC)CC)=Nc2ccccc21. The molecular weight excluding hydrogens is 391 g/mol. The van der Waals surface area contributed by atoms with E-state index in [0.717, 1.165) is 23.9 Å². The van der Waals surface area contributed by atoms with Gasteiger partial charge in [0.1, 0.15) is 0 Å². The van der Waals surface area contributed by atoms with Crippen LogP contribution in [0.3, 0.4) is 0 Å². The van der Waals surface area contributed by atoms with Crippen LogP contribution in [0.15, 0.2) is 32.8 Å². The highest BCUT2D eigenvalue weighted by Crippen LogP contribution is 2.45. The maximum Gasteiger partial charge on any atom is 0.169 e. The molecule has 0 atom stereocenters. The lowest BCUT2D eigenvalue weighted by molar-refractivity contribution is 0.475. The molecular formula is C17H23IN2S. The van der Waals surface area contributed by atoms with Crippen molar-refractivity contribution in [2.24, 2.45) is 4.99 Å². The Labute approximate surface area is 146 Å². The maximum absolute atomic E-state index is 4.87. The standard InChI is InChI=1S/C17H23IN2S/c1-4-7-11-14(18)16-13-10-8-9-12-15(13)19-17(21-16)20(5-2)6-3/h8-10,12H,4-7,11H2,1-3H3/b16-14-. The number of halogens is 1. The van der Waals surface area contributed by atoms with E-state index in [1.54, 1.807) is 0 Å². The van der Waals surface area contributed by atoms with Crippen molar-refractivity contribution in [2.75, 3.05) is 13.1 Å². The van der Waals surface area contributed by atoms with E-state index in [4.69, 9.17) is 4.99 Å². The van der Waals surface area contributed by atoms with Gasteiger partial charge in [0.15, 0.2) is 5.17 Å². The van der Waals surface area contributed by atoms with Gasteiger partial charge in [0.05, 0.1) is 5.69 Å². The van der Waals surface area contributed by atoms with Crippen molar-refractivity contribution in [2.45, 2.75) is 40.0 Å². The van der Waals surface area contributed by atoms with Crippen molar-refractivity contribution in [1.29, 1.82) is 0 Å². The Kier molecular flexibility index (Phi) is 6.61. The van der Waals surface area contributed by atoms with Crippen LogP contribution in [0.25, 0.3) is 4.91 Å². The molecule has 1 aliphatic rings. The molecule has 0 saturated carbocycles. The molecule has 2 nitrogen and oxygen atoms in total. The highest BCUT2D eigenvalue weighted by atomic mass is 127. The van der Waals surface area contributed by atoms with Crippen molar-refractivity contribution in [3.8, 4) is 0 Å². The van der Waals surface area contributed by atoms with E-state index < -0.39 is 0 Å². The first-order valence-electron chi connectivity index (χ1n) is 7.70. The molecule has 0 bridgehead atoms. The molecule has 1 aliphatic heterocycles. The van der Waals surface area contributed by atoms with E-state index in [1.807, 2.05) is 11.8 Å². The number of hydrogen-bond acceptors (Lipinski definition) is 3. The van der Waals surface area contributed by atoms with Gasteiger partial charge in [-0.25, -0.2) is 4.99 Å². The molecule has 1 aromatic rings. The Morgan fingerprint density at radius 2 is 1.90 bits per heavy atom. The summed E-state index contributed by atoms with van der Waals surface area (Å²) in [6.45, 7) is 8.64. The Bertz CT molecular complexity index is 547. The maximum atomic E-state index is 4.87. The molecule has 4 heteroatoms. The lowest BCUT2D eigenvalue weighted by Crippen LogP contribution is -2.29. The molecule has 1 aromatic carbocycles. The fraction of sp³-hybridized carbons (Fsp3) is 0.471. The van der Waals surface area contributed by atoms with E-state index in [-0.39, 0.29) is 0 Å². The monoisotopic (exact) mass is 414 g/mol. The summed E-state index contributed by atoms with van der Waals surface area (Å²) in [5.74, 6) is 0. The first-order valence-corrected chi connectivity index (χ1v) is 9.60. The van der Waals surface area contributed by atoms with Crippen molar-refractivity contribution in [1.82, 2.24) is 4.90 Å². The molecule has 114 valence electrons. The Hall–Kier alpha value is -0.490. The van der Waals surface area contributed by atoms with Crippen LogP contribution in [0, 0.1) is 0 Å². The molecule has 1 heterocycles. The third-order valence-corrected chi connectivity index (χ3v) is 6.24. The molecule has 0 aliphatic carbocycles. The predicted molar refractivity (Wildman–Crippen MR) is 105 cm³/mol. The molecule has 0 fully saturated rings. The quantitative estimate of drug-likeness (QED) is 0.545. The van der Waals surface area contributed by atoms with E-state index in [2.05, 4.69) is 72.5 Å². The van der Waals surface area contributed by atoms with Gasteiger partial charge in [0.25, 0.3) is 0 Å². The van der Waals surface area contributed by atoms with Gasteiger partial charge in [0, 0.05) is 27.1 Å². The third-order valence-electron chi connectivity index (χ3n) is 3.59. The second-order valence-electron chi connectivity index (χ2n) is 5.02. The Morgan fingerprint density at radius 3 is 2.57 bits per heavy atom. The summed E-state index contributed by atoms with van der Waals surface area (Å²) in [6.07, 6.45) is 3.66. The van der Waals surface area contributed by atoms with Crippen molar-refractivity contribution in [3.63, 3.8) is 0 Å². The van der Waals surface area contributed by atoms with Gasteiger partial charge in [-0.1, -0.05) is 43.3 Å². The largest absolute Gasteiger partial charge is 0.351 e. The summed E-state index contributed by atoms with van der Waals surface area (Å²) < 4.78 is 1.46.